The third-order valence-corrected chi connectivity index (χ3v) is 4.39. The lowest BCUT2D eigenvalue weighted by Crippen LogP contribution is -2.32. The zero-order chi connectivity index (χ0) is 15.2. The fourth-order valence-corrected chi connectivity index (χ4v) is 3.10. The predicted molar refractivity (Wildman–Crippen MR) is 82.3 cm³/mol. The SMILES string of the molecule is CCCNC(CCN1CCCC1C)c1cccc(F)c1F. The Morgan fingerprint density at radius 1 is 1.38 bits per heavy atom. The van der Waals surface area contributed by atoms with E-state index < -0.39 is 11.6 Å². The van der Waals surface area contributed by atoms with Crippen molar-refractivity contribution < 1.29 is 8.78 Å². The number of halogens is 2. The van der Waals surface area contributed by atoms with Crippen LogP contribution in [0.3, 0.4) is 0 Å². The van der Waals surface area contributed by atoms with Gasteiger partial charge in [0.05, 0.1) is 0 Å². The summed E-state index contributed by atoms with van der Waals surface area (Å²) >= 11 is 0. The van der Waals surface area contributed by atoms with Crippen molar-refractivity contribution in [3.8, 4) is 0 Å². The quantitative estimate of drug-likeness (QED) is 0.821. The van der Waals surface area contributed by atoms with Crippen molar-refractivity contribution >= 4 is 0 Å². The average Bonchev–Trinajstić information content (AvgIpc) is 2.88. The highest BCUT2D eigenvalue weighted by Crippen LogP contribution is 2.24. The van der Waals surface area contributed by atoms with E-state index in [0.29, 0.717) is 11.6 Å². The van der Waals surface area contributed by atoms with Crippen molar-refractivity contribution in [1.29, 1.82) is 0 Å². The zero-order valence-corrected chi connectivity index (χ0v) is 13.0. The van der Waals surface area contributed by atoms with E-state index in [9.17, 15) is 8.78 Å². The molecule has 0 bridgehead atoms. The van der Waals surface area contributed by atoms with Crippen molar-refractivity contribution in [1.82, 2.24) is 10.2 Å². The van der Waals surface area contributed by atoms with E-state index in [2.05, 4.69) is 24.1 Å². The molecule has 0 aromatic heterocycles. The normalized spacial score (nSPS) is 20.9. The van der Waals surface area contributed by atoms with E-state index in [-0.39, 0.29) is 6.04 Å². The summed E-state index contributed by atoms with van der Waals surface area (Å²) in [5.41, 5.74) is 0.454. The first kappa shape index (κ1) is 16.4. The molecule has 4 heteroatoms. The Balaban J connectivity index is 2.04. The largest absolute Gasteiger partial charge is 0.310 e. The zero-order valence-electron chi connectivity index (χ0n) is 13.0. The van der Waals surface area contributed by atoms with Crippen LogP contribution in [0.4, 0.5) is 8.78 Å². The highest BCUT2D eigenvalue weighted by molar-refractivity contribution is 5.22. The molecule has 0 spiro atoms. The van der Waals surface area contributed by atoms with Crippen LogP contribution in [0.5, 0.6) is 0 Å². The van der Waals surface area contributed by atoms with Gasteiger partial charge >= 0.3 is 0 Å². The molecule has 2 unspecified atom stereocenters. The molecule has 1 saturated heterocycles. The third-order valence-electron chi connectivity index (χ3n) is 4.39. The van der Waals surface area contributed by atoms with Crippen molar-refractivity contribution in [3.63, 3.8) is 0 Å². The van der Waals surface area contributed by atoms with E-state index in [1.807, 2.05) is 0 Å². The number of benzene rings is 1. The molecular weight excluding hydrogens is 270 g/mol. The molecule has 1 heterocycles. The van der Waals surface area contributed by atoms with E-state index in [0.717, 1.165) is 32.5 Å². The van der Waals surface area contributed by atoms with Crippen LogP contribution in [0, 0.1) is 11.6 Å². The average molecular weight is 296 g/mol. The van der Waals surface area contributed by atoms with Crippen molar-refractivity contribution in [2.24, 2.45) is 0 Å². The molecule has 0 radical (unpaired) electrons. The Kier molecular flexibility index (Phi) is 6.12. The fourth-order valence-electron chi connectivity index (χ4n) is 3.10. The van der Waals surface area contributed by atoms with Crippen LogP contribution in [0.15, 0.2) is 18.2 Å². The van der Waals surface area contributed by atoms with E-state index in [4.69, 9.17) is 0 Å². The summed E-state index contributed by atoms with van der Waals surface area (Å²) in [6.45, 7) is 7.18. The lowest BCUT2D eigenvalue weighted by Gasteiger charge is -2.25. The molecule has 118 valence electrons. The first-order chi connectivity index (χ1) is 10.1. The van der Waals surface area contributed by atoms with Crippen LogP contribution in [-0.4, -0.2) is 30.6 Å². The van der Waals surface area contributed by atoms with Gasteiger partial charge in [0.2, 0.25) is 0 Å². The summed E-state index contributed by atoms with van der Waals surface area (Å²) in [5.74, 6) is -1.47. The Labute approximate surface area is 126 Å². The summed E-state index contributed by atoms with van der Waals surface area (Å²) in [6, 6.07) is 4.95. The molecule has 1 aromatic rings. The number of hydrogen-bond acceptors (Lipinski definition) is 2. The minimum absolute atomic E-state index is 0.117. The number of likely N-dealkylation sites (tertiary alicyclic amines) is 1. The summed E-state index contributed by atoms with van der Waals surface area (Å²) in [6.07, 6.45) is 4.27. The van der Waals surface area contributed by atoms with Crippen LogP contribution < -0.4 is 5.32 Å². The lowest BCUT2D eigenvalue weighted by atomic mass is 10.0. The Bertz CT molecular complexity index is 450. The standard InChI is InChI=1S/C17H26F2N2/c1-3-10-20-16(9-12-21-11-5-6-13(21)2)14-7-4-8-15(18)17(14)19/h4,7-8,13,16,20H,3,5-6,9-12H2,1-2H3. The van der Waals surface area contributed by atoms with Crippen LogP contribution in [0.25, 0.3) is 0 Å². The highest BCUT2D eigenvalue weighted by atomic mass is 19.2. The van der Waals surface area contributed by atoms with Crippen molar-refractivity contribution in [2.75, 3.05) is 19.6 Å². The third kappa shape index (κ3) is 4.24. The number of nitrogens with zero attached hydrogens (tertiary/aromatic N) is 1. The molecule has 1 aromatic carbocycles. The maximum absolute atomic E-state index is 14.0. The first-order valence-corrected chi connectivity index (χ1v) is 8.04. The van der Waals surface area contributed by atoms with Crippen molar-refractivity contribution in [2.45, 2.75) is 51.6 Å². The van der Waals surface area contributed by atoms with Crippen LogP contribution >= 0.6 is 0 Å². The fraction of sp³-hybridized carbons (Fsp3) is 0.647. The van der Waals surface area contributed by atoms with Gasteiger partial charge in [0.25, 0.3) is 0 Å². The second-order valence-corrected chi connectivity index (χ2v) is 5.97. The van der Waals surface area contributed by atoms with Gasteiger partial charge in [0.1, 0.15) is 0 Å². The summed E-state index contributed by atoms with van der Waals surface area (Å²) < 4.78 is 27.5. The van der Waals surface area contributed by atoms with Gasteiger partial charge in [-0.25, -0.2) is 8.78 Å². The molecule has 0 saturated carbocycles. The molecule has 1 N–H and O–H groups in total. The summed E-state index contributed by atoms with van der Waals surface area (Å²) in [4.78, 5) is 2.44. The molecule has 0 amide bonds. The topological polar surface area (TPSA) is 15.3 Å². The van der Waals surface area contributed by atoms with Gasteiger partial charge < -0.3 is 10.2 Å². The molecule has 0 aliphatic carbocycles. The second-order valence-electron chi connectivity index (χ2n) is 5.97. The van der Waals surface area contributed by atoms with Crippen LogP contribution in [0.1, 0.15) is 51.1 Å². The molecule has 2 nitrogen and oxygen atoms in total. The van der Waals surface area contributed by atoms with Gasteiger partial charge in [-0.1, -0.05) is 19.1 Å². The van der Waals surface area contributed by atoms with Gasteiger partial charge in [-0.15, -0.1) is 0 Å². The minimum atomic E-state index is -0.759. The van der Waals surface area contributed by atoms with Gasteiger partial charge in [-0.3, -0.25) is 0 Å². The maximum atomic E-state index is 14.0. The molecule has 1 aliphatic heterocycles. The van der Waals surface area contributed by atoms with Gasteiger partial charge in [0.15, 0.2) is 11.6 Å². The highest BCUT2D eigenvalue weighted by Gasteiger charge is 2.23. The molecular formula is C17H26F2N2. The van der Waals surface area contributed by atoms with Crippen LogP contribution in [0.2, 0.25) is 0 Å². The maximum Gasteiger partial charge on any atom is 0.163 e. The smallest absolute Gasteiger partial charge is 0.163 e. The molecule has 21 heavy (non-hydrogen) atoms. The van der Waals surface area contributed by atoms with Gasteiger partial charge in [-0.05, 0) is 51.8 Å². The van der Waals surface area contributed by atoms with E-state index in [1.54, 1.807) is 12.1 Å². The number of hydrogen-bond donors (Lipinski definition) is 1. The monoisotopic (exact) mass is 296 g/mol. The molecule has 2 rings (SSSR count). The number of rotatable bonds is 7. The molecule has 2 atom stereocenters. The van der Waals surface area contributed by atoms with Crippen LogP contribution in [-0.2, 0) is 0 Å². The summed E-state index contributed by atoms with van der Waals surface area (Å²) in [5, 5.41) is 3.36. The Morgan fingerprint density at radius 3 is 2.86 bits per heavy atom. The molecule has 1 aliphatic rings. The number of nitrogens with one attached hydrogen (secondary N) is 1. The first-order valence-electron chi connectivity index (χ1n) is 8.04. The molecule has 1 fully saturated rings. The van der Waals surface area contributed by atoms with E-state index in [1.165, 1.54) is 18.9 Å². The van der Waals surface area contributed by atoms with Crippen molar-refractivity contribution in [3.05, 3.63) is 35.4 Å². The van der Waals surface area contributed by atoms with Gasteiger partial charge in [0, 0.05) is 24.2 Å². The summed E-state index contributed by atoms with van der Waals surface area (Å²) in [7, 11) is 0. The minimum Gasteiger partial charge on any atom is -0.310 e. The predicted octanol–water partition coefficient (Wildman–Crippen LogP) is 3.88. The second kappa shape index (κ2) is 7.85. The Hall–Kier alpha value is -1.00. The lowest BCUT2D eigenvalue weighted by molar-refractivity contribution is 0.250. The van der Waals surface area contributed by atoms with Gasteiger partial charge in [-0.2, -0.15) is 0 Å². The van der Waals surface area contributed by atoms with E-state index >= 15 is 0 Å². The Morgan fingerprint density at radius 2 is 2.19 bits per heavy atom.